The van der Waals surface area contributed by atoms with Gasteiger partial charge in [0.2, 0.25) is 5.88 Å². The van der Waals surface area contributed by atoms with E-state index in [-0.39, 0.29) is 6.61 Å². The minimum absolute atomic E-state index is 0.257. The van der Waals surface area contributed by atoms with Crippen LogP contribution < -0.4 is 4.74 Å². The van der Waals surface area contributed by atoms with Crippen LogP contribution in [0.25, 0.3) is 10.9 Å². The third kappa shape index (κ3) is 2.26. The van der Waals surface area contributed by atoms with Gasteiger partial charge in [-0.05, 0) is 24.3 Å². The van der Waals surface area contributed by atoms with Gasteiger partial charge in [-0.25, -0.2) is 4.98 Å². The standard InChI is InChI=1S/C15H10N2O2/c16-9-12-8-11-4-1-2-6-14(11)17-15(12)19-10-13-5-3-7-18-13/h1-8H,10H2. The Morgan fingerprint density at radius 1 is 1.21 bits per heavy atom. The fraction of sp³-hybridized carbons (Fsp3) is 0.0667. The van der Waals surface area contributed by atoms with Gasteiger partial charge in [0.05, 0.1) is 11.8 Å². The molecule has 0 bridgehead atoms. The second-order valence-electron chi connectivity index (χ2n) is 4.01. The molecular weight excluding hydrogens is 240 g/mol. The lowest BCUT2D eigenvalue weighted by atomic mass is 10.1. The van der Waals surface area contributed by atoms with Crippen LogP contribution in [-0.2, 0) is 6.61 Å². The molecule has 0 saturated carbocycles. The van der Waals surface area contributed by atoms with Crippen molar-refractivity contribution >= 4 is 10.9 Å². The summed E-state index contributed by atoms with van der Waals surface area (Å²) in [6.45, 7) is 0.257. The monoisotopic (exact) mass is 250 g/mol. The van der Waals surface area contributed by atoms with Crippen molar-refractivity contribution in [1.29, 1.82) is 5.26 Å². The van der Waals surface area contributed by atoms with Crippen LogP contribution >= 0.6 is 0 Å². The van der Waals surface area contributed by atoms with Crippen molar-refractivity contribution in [3.8, 4) is 11.9 Å². The van der Waals surface area contributed by atoms with Crippen LogP contribution in [0.5, 0.6) is 5.88 Å². The zero-order valence-electron chi connectivity index (χ0n) is 10.0. The SMILES string of the molecule is N#Cc1cc2ccccc2nc1OCc1ccco1. The van der Waals surface area contributed by atoms with Crippen molar-refractivity contribution in [1.82, 2.24) is 4.98 Å². The fourth-order valence-electron chi connectivity index (χ4n) is 1.82. The molecule has 0 atom stereocenters. The second-order valence-corrected chi connectivity index (χ2v) is 4.01. The largest absolute Gasteiger partial charge is 0.469 e. The summed E-state index contributed by atoms with van der Waals surface area (Å²) in [4.78, 5) is 4.36. The third-order valence-electron chi connectivity index (χ3n) is 2.74. The summed E-state index contributed by atoms with van der Waals surface area (Å²) >= 11 is 0. The zero-order chi connectivity index (χ0) is 13.1. The van der Waals surface area contributed by atoms with Gasteiger partial charge in [-0.3, -0.25) is 0 Å². The highest BCUT2D eigenvalue weighted by molar-refractivity contribution is 5.80. The molecule has 1 aromatic carbocycles. The molecule has 3 rings (SSSR count). The Morgan fingerprint density at radius 3 is 2.89 bits per heavy atom. The van der Waals surface area contributed by atoms with E-state index in [0.29, 0.717) is 17.2 Å². The Hall–Kier alpha value is -2.80. The van der Waals surface area contributed by atoms with Gasteiger partial charge in [-0.2, -0.15) is 5.26 Å². The predicted octanol–water partition coefficient (Wildman–Crippen LogP) is 3.28. The van der Waals surface area contributed by atoms with Crippen molar-refractivity contribution in [2.75, 3.05) is 0 Å². The normalized spacial score (nSPS) is 10.3. The average molecular weight is 250 g/mol. The van der Waals surface area contributed by atoms with Gasteiger partial charge < -0.3 is 9.15 Å². The smallest absolute Gasteiger partial charge is 0.232 e. The third-order valence-corrected chi connectivity index (χ3v) is 2.74. The molecule has 0 N–H and O–H groups in total. The molecule has 0 saturated heterocycles. The molecule has 0 unspecified atom stereocenters. The van der Waals surface area contributed by atoms with Crippen molar-refractivity contribution < 1.29 is 9.15 Å². The lowest BCUT2D eigenvalue weighted by Gasteiger charge is -2.06. The lowest BCUT2D eigenvalue weighted by Crippen LogP contribution is -1.99. The highest BCUT2D eigenvalue weighted by Crippen LogP contribution is 2.22. The van der Waals surface area contributed by atoms with E-state index in [4.69, 9.17) is 14.4 Å². The Morgan fingerprint density at radius 2 is 2.11 bits per heavy atom. The Bertz CT molecular complexity index is 742. The van der Waals surface area contributed by atoms with Crippen molar-refractivity contribution in [3.05, 3.63) is 60.1 Å². The highest BCUT2D eigenvalue weighted by Gasteiger charge is 2.08. The minimum atomic E-state index is 0.257. The fourth-order valence-corrected chi connectivity index (χ4v) is 1.82. The molecular formula is C15H10N2O2. The van der Waals surface area contributed by atoms with Crippen molar-refractivity contribution in [2.24, 2.45) is 0 Å². The number of ether oxygens (including phenoxy) is 1. The number of hydrogen-bond acceptors (Lipinski definition) is 4. The van der Waals surface area contributed by atoms with Crippen LogP contribution in [0.3, 0.4) is 0 Å². The summed E-state index contributed by atoms with van der Waals surface area (Å²) in [5, 5.41) is 10.1. The summed E-state index contributed by atoms with van der Waals surface area (Å²) in [6.07, 6.45) is 1.58. The predicted molar refractivity (Wildman–Crippen MR) is 69.5 cm³/mol. The number of rotatable bonds is 3. The number of benzene rings is 1. The zero-order valence-corrected chi connectivity index (χ0v) is 10.0. The topological polar surface area (TPSA) is 59.0 Å². The minimum Gasteiger partial charge on any atom is -0.469 e. The first-order chi connectivity index (χ1) is 9.36. The summed E-state index contributed by atoms with van der Waals surface area (Å²) in [7, 11) is 0. The first-order valence-corrected chi connectivity index (χ1v) is 5.82. The Labute approximate surface area is 109 Å². The van der Waals surface area contributed by atoms with Crippen molar-refractivity contribution in [2.45, 2.75) is 6.61 Å². The first-order valence-electron chi connectivity index (χ1n) is 5.82. The molecule has 0 radical (unpaired) electrons. The van der Waals surface area contributed by atoms with E-state index in [0.717, 1.165) is 10.9 Å². The van der Waals surface area contributed by atoms with Gasteiger partial charge in [-0.15, -0.1) is 0 Å². The van der Waals surface area contributed by atoms with Crippen LogP contribution in [0.15, 0.2) is 53.1 Å². The molecule has 0 aliphatic rings. The molecule has 3 aromatic rings. The number of furan rings is 1. The van der Waals surface area contributed by atoms with Crippen LogP contribution in [0.4, 0.5) is 0 Å². The maximum absolute atomic E-state index is 9.14. The maximum atomic E-state index is 9.14. The van der Waals surface area contributed by atoms with Crippen LogP contribution in [-0.4, -0.2) is 4.98 Å². The number of nitriles is 1. The number of pyridine rings is 1. The molecule has 0 fully saturated rings. The van der Waals surface area contributed by atoms with E-state index in [1.165, 1.54) is 0 Å². The number of hydrogen-bond donors (Lipinski definition) is 0. The van der Waals surface area contributed by atoms with E-state index in [1.807, 2.05) is 30.3 Å². The first kappa shape index (κ1) is 11.3. The van der Waals surface area contributed by atoms with E-state index < -0.39 is 0 Å². The van der Waals surface area contributed by atoms with E-state index in [9.17, 15) is 0 Å². The molecule has 92 valence electrons. The molecule has 4 nitrogen and oxygen atoms in total. The van der Waals surface area contributed by atoms with Gasteiger partial charge in [0.1, 0.15) is 24.0 Å². The second kappa shape index (κ2) is 4.83. The maximum Gasteiger partial charge on any atom is 0.232 e. The van der Waals surface area contributed by atoms with E-state index in [1.54, 1.807) is 18.4 Å². The molecule has 4 heteroatoms. The van der Waals surface area contributed by atoms with Gasteiger partial charge in [0.15, 0.2) is 0 Å². The van der Waals surface area contributed by atoms with Gasteiger partial charge in [-0.1, -0.05) is 18.2 Å². The number of aromatic nitrogens is 1. The summed E-state index contributed by atoms with van der Waals surface area (Å²) in [5.74, 6) is 1.02. The van der Waals surface area contributed by atoms with Crippen LogP contribution in [0, 0.1) is 11.3 Å². The van der Waals surface area contributed by atoms with E-state index >= 15 is 0 Å². The average Bonchev–Trinajstić information content (AvgIpc) is 2.97. The van der Waals surface area contributed by atoms with Crippen LogP contribution in [0.1, 0.15) is 11.3 Å². The van der Waals surface area contributed by atoms with Crippen molar-refractivity contribution in [3.63, 3.8) is 0 Å². The molecule has 19 heavy (non-hydrogen) atoms. The Kier molecular flexibility index (Phi) is 2.87. The molecule has 2 heterocycles. The summed E-state index contributed by atoms with van der Waals surface area (Å²) < 4.78 is 10.7. The summed E-state index contributed by atoms with van der Waals surface area (Å²) in [5.41, 5.74) is 1.22. The number of para-hydroxylation sites is 1. The Balaban J connectivity index is 1.95. The quantitative estimate of drug-likeness (QED) is 0.715. The van der Waals surface area contributed by atoms with Gasteiger partial charge >= 0.3 is 0 Å². The number of nitrogens with zero attached hydrogens (tertiary/aromatic N) is 2. The van der Waals surface area contributed by atoms with Crippen LogP contribution in [0.2, 0.25) is 0 Å². The highest BCUT2D eigenvalue weighted by atomic mass is 16.5. The van der Waals surface area contributed by atoms with Gasteiger partial charge in [0, 0.05) is 5.39 Å². The van der Waals surface area contributed by atoms with E-state index in [2.05, 4.69) is 11.1 Å². The number of fused-ring (bicyclic) bond motifs is 1. The molecule has 0 spiro atoms. The van der Waals surface area contributed by atoms with Gasteiger partial charge in [0.25, 0.3) is 0 Å². The molecule has 2 aromatic heterocycles. The molecule has 0 aliphatic heterocycles. The lowest BCUT2D eigenvalue weighted by molar-refractivity contribution is 0.261. The molecule has 0 amide bonds. The molecule has 0 aliphatic carbocycles. The summed E-state index contributed by atoms with van der Waals surface area (Å²) in [6, 6.07) is 15.1.